The van der Waals surface area contributed by atoms with Gasteiger partial charge < -0.3 is 10.6 Å². The van der Waals surface area contributed by atoms with E-state index in [0.29, 0.717) is 0 Å². The second-order valence-electron chi connectivity index (χ2n) is 5.55. The summed E-state index contributed by atoms with van der Waals surface area (Å²) in [4.78, 5) is 13.2. The molecule has 6 heteroatoms. The van der Waals surface area contributed by atoms with Gasteiger partial charge in [-0.2, -0.15) is 5.26 Å². The first kappa shape index (κ1) is 16.3. The molecule has 1 heterocycles. The predicted octanol–water partition coefficient (Wildman–Crippen LogP) is 3.39. The van der Waals surface area contributed by atoms with E-state index >= 15 is 0 Å². The van der Waals surface area contributed by atoms with E-state index < -0.39 is 5.54 Å². The van der Waals surface area contributed by atoms with Crippen molar-refractivity contribution in [3.8, 4) is 6.07 Å². The van der Waals surface area contributed by atoms with E-state index in [1.165, 1.54) is 11.3 Å². The van der Waals surface area contributed by atoms with Gasteiger partial charge in [0.25, 0.3) is 0 Å². The topological polar surface area (TPSA) is 64.9 Å². The Labute approximate surface area is 134 Å². The van der Waals surface area contributed by atoms with Crippen molar-refractivity contribution in [1.82, 2.24) is 10.6 Å². The van der Waals surface area contributed by atoms with Gasteiger partial charge in [0.2, 0.25) is 5.91 Å². The van der Waals surface area contributed by atoms with Crippen molar-refractivity contribution in [2.24, 2.45) is 0 Å². The van der Waals surface area contributed by atoms with Gasteiger partial charge in [0.1, 0.15) is 5.54 Å². The molecular formula is C15H20ClN3OS. The number of carbonyl (C=O) groups is 1. The Bertz CT molecular complexity index is 531. The van der Waals surface area contributed by atoms with E-state index in [1.807, 2.05) is 19.1 Å². The van der Waals surface area contributed by atoms with Crippen LogP contribution in [0.25, 0.3) is 0 Å². The van der Waals surface area contributed by atoms with E-state index in [2.05, 4.69) is 16.7 Å². The minimum atomic E-state index is -0.660. The van der Waals surface area contributed by atoms with Gasteiger partial charge in [0, 0.05) is 10.9 Å². The molecule has 21 heavy (non-hydrogen) atoms. The van der Waals surface area contributed by atoms with Crippen molar-refractivity contribution < 1.29 is 4.79 Å². The lowest BCUT2D eigenvalue weighted by Crippen LogP contribution is -2.51. The van der Waals surface area contributed by atoms with Crippen molar-refractivity contribution in [3.05, 3.63) is 21.3 Å². The molecule has 1 fully saturated rings. The molecule has 1 aliphatic rings. The van der Waals surface area contributed by atoms with E-state index in [-0.39, 0.29) is 18.5 Å². The molecule has 1 saturated carbocycles. The van der Waals surface area contributed by atoms with Crippen LogP contribution in [0.1, 0.15) is 49.9 Å². The van der Waals surface area contributed by atoms with Crippen LogP contribution < -0.4 is 10.6 Å². The number of nitrogens with one attached hydrogen (secondary N) is 2. The van der Waals surface area contributed by atoms with Crippen LogP contribution in [-0.4, -0.2) is 18.0 Å². The van der Waals surface area contributed by atoms with Crippen LogP contribution in [0, 0.1) is 11.3 Å². The summed E-state index contributed by atoms with van der Waals surface area (Å²) in [7, 11) is 0. The highest BCUT2D eigenvalue weighted by molar-refractivity contribution is 7.16. The molecule has 0 aliphatic heterocycles. The molecule has 1 aromatic heterocycles. The van der Waals surface area contributed by atoms with E-state index in [0.717, 1.165) is 41.3 Å². The first-order valence-electron chi connectivity index (χ1n) is 7.25. The van der Waals surface area contributed by atoms with Gasteiger partial charge in [0.05, 0.1) is 17.0 Å². The number of carbonyl (C=O) groups excluding carboxylic acids is 1. The van der Waals surface area contributed by atoms with Gasteiger partial charge in [-0.3, -0.25) is 4.79 Å². The summed E-state index contributed by atoms with van der Waals surface area (Å²) < 4.78 is 0.744. The lowest BCUT2D eigenvalue weighted by Gasteiger charge is -2.31. The van der Waals surface area contributed by atoms with Crippen LogP contribution >= 0.6 is 22.9 Å². The Balaban J connectivity index is 1.83. The van der Waals surface area contributed by atoms with Gasteiger partial charge in [-0.15, -0.1) is 11.3 Å². The molecule has 114 valence electrons. The van der Waals surface area contributed by atoms with E-state index in [9.17, 15) is 10.1 Å². The Kier molecular flexibility index (Phi) is 5.63. The molecular weight excluding hydrogens is 306 g/mol. The van der Waals surface area contributed by atoms with Crippen LogP contribution in [0.15, 0.2) is 12.1 Å². The van der Waals surface area contributed by atoms with Gasteiger partial charge in [-0.05, 0) is 31.9 Å². The van der Waals surface area contributed by atoms with Gasteiger partial charge in [-0.1, -0.05) is 30.9 Å². The molecule has 0 spiro atoms. The molecule has 0 saturated heterocycles. The maximum atomic E-state index is 12.1. The third kappa shape index (κ3) is 4.44. The number of nitriles is 1. The fourth-order valence-corrected chi connectivity index (χ4v) is 3.73. The molecule has 1 unspecified atom stereocenters. The molecule has 0 radical (unpaired) electrons. The number of rotatable bonds is 5. The Morgan fingerprint density at radius 3 is 2.76 bits per heavy atom. The lowest BCUT2D eigenvalue weighted by molar-refractivity contribution is -0.122. The first-order chi connectivity index (χ1) is 10.0. The Hall–Kier alpha value is -1.09. The molecule has 2 rings (SSSR count). The normalized spacial score (nSPS) is 18.7. The smallest absolute Gasteiger partial charge is 0.235 e. The van der Waals surface area contributed by atoms with Crippen LogP contribution in [0.2, 0.25) is 4.34 Å². The van der Waals surface area contributed by atoms with Crippen LogP contribution in [0.3, 0.4) is 0 Å². The number of thiophene rings is 1. The molecule has 2 N–H and O–H groups in total. The monoisotopic (exact) mass is 325 g/mol. The second-order valence-corrected chi connectivity index (χ2v) is 7.29. The second kappa shape index (κ2) is 7.26. The Morgan fingerprint density at radius 1 is 1.48 bits per heavy atom. The largest absolute Gasteiger partial charge is 0.337 e. The average Bonchev–Trinajstić information content (AvgIpc) is 2.92. The third-order valence-corrected chi connectivity index (χ3v) is 5.30. The number of amides is 1. The maximum Gasteiger partial charge on any atom is 0.235 e. The number of nitrogens with zero attached hydrogens (tertiary/aromatic N) is 1. The zero-order valence-corrected chi connectivity index (χ0v) is 13.7. The quantitative estimate of drug-likeness (QED) is 0.872. The van der Waals surface area contributed by atoms with Crippen molar-refractivity contribution >= 4 is 28.8 Å². The zero-order valence-electron chi connectivity index (χ0n) is 12.1. The maximum absolute atomic E-state index is 12.1. The van der Waals surface area contributed by atoms with Crippen molar-refractivity contribution in [2.45, 2.75) is 50.6 Å². The molecule has 1 atom stereocenters. The summed E-state index contributed by atoms with van der Waals surface area (Å²) >= 11 is 7.41. The summed E-state index contributed by atoms with van der Waals surface area (Å²) in [6.45, 7) is 2.20. The summed E-state index contributed by atoms with van der Waals surface area (Å²) in [5, 5.41) is 15.4. The van der Waals surface area contributed by atoms with Gasteiger partial charge >= 0.3 is 0 Å². The fraction of sp³-hybridized carbons (Fsp3) is 0.600. The molecule has 1 amide bonds. The SMILES string of the molecule is CC(NCC(=O)NC1(C#N)CCCCC1)c1ccc(Cl)s1. The Morgan fingerprint density at radius 2 is 2.19 bits per heavy atom. The highest BCUT2D eigenvalue weighted by atomic mass is 35.5. The third-order valence-electron chi connectivity index (χ3n) is 3.89. The summed E-state index contributed by atoms with van der Waals surface area (Å²) in [5.41, 5.74) is -0.660. The minimum absolute atomic E-state index is 0.0673. The van der Waals surface area contributed by atoms with Crippen molar-refractivity contribution in [1.29, 1.82) is 5.26 Å². The van der Waals surface area contributed by atoms with Crippen LogP contribution in [0.4, 0.5) is 0 Å². The molecule has 0 aromatic carbocycles. The zero-order chi connectivity index (χ0) is 15.3. The summed E-state index contributed by atoms with van der Waals surface area (Å²) in [6.07, 6.45) is 4.67. The van der Waals surface area contributed by atoms with Crippen LogP contribution in [-0.2, 0) is 4.79 Å². The van der Waals surface area contributed by atoms with Gasteiger partial charge in [0.15, 0.2) is 0 Å². The molecule has 1 aromatic rings. The highest BCUT2D eigenvalue weighted by Gasteiger charge is 2.33. The van der Waals surface area contributed by atoms with Gasteiger partial charge in [-0.25, -0.2) is 0 Å². The molecule has 4 nitrogen and oxygen atoms in total. The first-order valence-corrected chi connectivity index (χ1v) is 8.45. The standard InChI is InChI=1S/C15H20ClN3OS/c1-11(12-5-6-13(16)21-12)18-9-14(20)19-15(10-17)7-3-2-4-8-15/h5-6,11,18H,2-4,7-9H2,1H3,(H,19,20). The number of hydrogen-bond donors (Lipinski definition) is 2. The van der Waals surface area contributed by atoms with Crippen LogP contribution in [0.5, 0.6) is 0 Å². The highest BCUT2D eigenvalue weighted by Crippen LogP contribution is 2.28. The summed E-state index contributed by atoms with van der Waals surface area (Å²) in [5.74, 6) is -0.118. The van der Waals surface area contributed by atoms with Crippen molar-refractivity contribution in [3.63, 3.8) is 0 Å². The predicted molar refractivity (Wildman–Crippen MR) is 85.3 cm³/mol. The minimum Gasteiger partial charge on any atom is -0.337 e. The lowest BCUT2D eigenvalue weighted by atomic mass is 9.83. The fourth-order valence-electron chi connectivity index (χ4n) is 2.64. The molecule has 0 bridgehead atoms. The summed E-state index contributed by atoms with van der Waals surface area (Å²) in [6, 6.07) is 6.18. The van der Waals surface area contributed by atoms with E-state index in [1.54, 1.807) is 0 Å². The number of hydrogen-bond acceptors (Lipinski definition) is 4. The molecule has 1 aliphatic carbocycles. The number of halogens is 1. The van der Waals surface area contributed by atoms with E-state index in [4.69, 9.17) is 11.6 Å². The van der Waals surface area contributed by atoms with Crippen molar-refractivity contribution in [2.75, 3.05) is 6.54 Å². The average molecular weight is 326 g/mol.